The molecular weight excluding hydrogens is 490 g/mol. The molecule has 2 aliphatic heterocycles. The van der Waals surface area contributed by atoms with Gasteiger partial charge in [-0.3, -0.25) is 19.2 Å². The fourth-order valence-corrected chi connectivity index (χ4v) is 4.29. The summed E-state index contributed by atoms with van der Waals surface area (Å²) in [7, 11) is 0. The molecule has 1 fully saturated rings. The lowest BCUT2D eigenvalue weighted by Crippen LogP contribution is -2.55. The smallest absolute Gasteiger partial charge is 0.407 e. The van der Waals surface area contributed by atoms with Gasteiger partial charge in [0.15, 0.2) is 6.73 Å². The Morgan fingerprint density at radius 3 is 2.45 bits per heavy atom. The number of carbonyl (C=O) groups is 5. The molecule has 200 valence electrons. The van der Waals surface area contributed by atoms with Crippen molar-refractivity contribution >= 4 is 29.8 Å². The highest BCUT2D eigenvalue weighted by Crippen LogP contribution is 2.30. The normalized spacial score (nSPS) is 17.3. The van der Waals surface area contributed by atoms with E-state index >= 15 is 0 Å². The molecule has 2 aromatic carbocycles. The highest BCUT2D eigenvalue weighted by molar-refractivity contribution is 6.05. The molecular formula is C28H31N3O7. The van der Waals surface area contributed by atoms with E-state index in [0.29, 0.717) is 5.56 Å². The third-order valence-electron chi connectivity index (χ3n) is 6.45. The molecule has 0 aromatic heterocycles. The zero-order valence-corrected chi connectivity index (χ0v) is 21.7. The van der Waals surface area contributed by atoms with Gasteiger partial charge in [0.05, 0.1) is 5.41 Å². The minimum atomic E-state index is -0.838. The van der Waals surface area contributed by atoms with Crippen LogP contribution in [0.25, 0.3) is 0 Å². The first-order chi connectivity index (χ1) is 18.0. The molecule has 10 nitrogen and oxygen atoms in total. The summed E-state index contributed by atoms with van der Waals surface area (Å²) in [5.41, 5.74) is 2.07. The number of amides is 4. The summed E-state index contributed by atoms with van der Waals surface area (Å²) >= 11 is 0. The number of carbonyl (C=O) groups excluding carboxylic acids is 5. The zero-order chi connectivity index (χ0) is 27.4. The Labute approximate surface area is 220 Å². The summed E-state index contributed by atoms with van der Waals surface area (Å²) < 4.78 is 10.4. The van der Waals surface area contributed by atoms with Gasteiger partial charge in [0.1, 0.15) is 12.6 Å². The predicted octanol–water partition coefficient (Wildman–Crippen LogP) is 3.13. The van der Waals surface area contributed by atoms with Crippen LogP contribution in [0.5, 0.6) is 0 Å². The lowest BCUT2D eigenvalue weighted by molar-refractivity contribution is -0.168. The summed E-state index contributed by atoms with van der Waals surface area (Å²) in [4.78, 5) is 65.2. The van der Waals surface area contributed by atoms with E-state index in [4.69, 9.17) is 9.47 Å². The number of piperidine rings is 1. The van der Waals surface area contributed by atoms with Crippen molar-refractivity contribution in [1.29, 1.82) is 0 Å². The monoisotopic (exact) mass is 521 g/mol. The Balaban J connectivity index is 1.35. The number of esters is 1. The van der Waals surface area contributed by atoms with Gasteiger partial charge in [-0.2, -0.15) is 0 Å². The van der Waals surface area contributed by atoms with E-state index in [-0.39, 0.29) is 38.4 Å². The van der Waals surface area contributed by atoms with Crippen LogP contribution in [0.3, 0.4) is 0 Å². The summed E-state index contributed by atoms with van der Waals surface area (Å²) in [6, 6.07) is 13.7. The molecule has 0 spiro atoms. The Morgan fingerprint density at radius 1 is 1.00 bits per heavy atom. The molecule has 2 aliphatic rings. The lowest BCUT2D eigenvalue weighted by Gasteiger charge is -2.35. The fourth-order valence-electron chi connectivity index (χ4n) is 4.29. The molecule has 2 heterocycles. The van der Waals surface area contributed by atoms with Gasteiger partial charge in [0.2, 0.25) is 5.91 Å². The third-order valence-corrected chi connectivity index (χ3v) is 6.45. The van der Waals surface area contributed by atoms with Gasteiger partial charge in [-0.05, 0) is 49.9 Å². The number of imide groups is 1. The van der Waals surface area contributed by atoms with Gasteiger partial charge in [-0.25, -0.2) is 9.69 Å². The van der Waals surface area contributed by atoms with Crippen molar-refractivity contribution in [3.63, 3.8) is 0 Å². The van der Waals surface area contributed by atoms with Crippen LogP contribution in [-0.2, 0) is 43.6 Å². The predicted molar refractivity (Wildman–Crippen MR) is 135 cm³/mol. The molecule has 10 heteroatoms. The molecule has 0 aliphatic carbocycles. The number of likely N-dealkylation sites (tertiary alicyclic amines) is 1. The number of nitrogens with zero attached hydrogens (tertiary/aromatic N) is 2. The largest absolute Gasteiger partial charge is 0.445 e. The molecule has 1 atom stereocenters. The van der Waals surface area contributed by atoms with Crippen LogP contribution < -0.4 is 5.32 Å². The van der Waals surface area contributed by atoms with E-state index in [9.17, 15) is 24.0 Å². The first-order valence-electron chi connectivity index (χ1n) is 12.4. The van der Waals surface area contributed by atoms with Crippen LogP contribution in [0, 0.1) is 5.41 Å². The summed E-state index contributed by atoms with van der Waals surface area (Å²) in [6.45, 7) is 5.11. The first kappa shape index (κ1) is 26.8. The standard InChI is InChI=1S/C28H31N3O7/c1-28(2,3)26(35)38-17-31-23(32)12-11-22(25(31)34)30-15-20-13-19(9-10-21(20)24(30)33)14-29-27(36)37-16-18-7-5-4-6-8-18/h4-10,13,22H,11-12,14-17H2,1-3H3,(H,29,36). The van der Waals surface area contributed by atoms with Crippen LogP contribution in [0.4, 0.5) is 4.79 Å². The SMILES string of the molecule is CC(C)(C)C(=O)OCN1C(=O)CCC(N2Cc3cc(CNC(=O)OCc4ccccc4)ccc3C2=O)C1=O. The van der Waals surface area contributed by atoms with Gasteiger partial charge < -0.3 is 19.7 Å². The Morgan fingerprint density at radius 2 is 1.74 bits per heavy atom. The van der Waals surface area contributed by atoms with Crippen molar-refractivity contribution in [3.8, 4) is 0 Å². The van der Waals surface area contributed by atoms with Gasteiger partial charge in [-0.1, -0.05) is 42.5 Å². The average molecular weight is 522 g/mol. The fraction of sp³-hybridized carbons (Fsp3) is 0.393. The Bertz CT molecular complexity index is 1250. The van der Waals surface area contributed by atoms with Gasteiger partial charge in [0.25, 0.3) is 11.8 Å². The second-order valence-corrected chi connectivity index (χ2v) is 10.4. The zero-order valence-electron chi connectivity index (χ0n) is 21.7. The Hall–Kier alpha value is -4.21. The number of nitrogens with one attached hydrogen (secondary N) is 1. The average Bonchev–Trinajstić information content (AvgIpc) is 3.21. The van der Waals surface area contributed by atoms with E-state index in [1.807, 2.05) is 36.4 Å². The summed E-state index contributed by atoms with van der Waals surface area (Å²) in [6.07, 6.45) is -0.302. The van der Waals surface area contributed by atoms with Crippen LogP contribution >= 0.6 is 0 Å². The molecule has 1 saturated heterocycles. The molecule has 0 saturated carbocycles. The van der Waals surface area contributed by atoms with Crippen molar-refractivity contribution in [2.45, 2.75) is 59.4 Å². The van der Waals surface area contributed by atoms with Crippen LogP contribution in [0.1, 0.15) is 60.7 Å². The maximum absolute atomic E-state index is 13.1. The van der Waals surface area contributed by atoms with Crippen molar-refractivity contribution in [3.05, 3.63) is 70.8 Å². The lowest BCUT2D eigenvalue weighted by atomic mass is 9.97. The number of fused-ring (bicyclic) bond motifs is 1. The molecule has 0 bridgehead atoms. The van der Waals surface area contributed by atoms with Gasteiger partial charge in [-0.15, -0.1) is 0 Å². The van der Waals surface area contributed by atoms with Crippen molar-refractivity contribution in [2.75, 3.05) is 6.73 Å². The maximum Gasteiger partial charge on any atom is 0.407 e. The summed E-state index contributed by atoms with van der Waals surface area (Å²) in [5.74, 6) is -1.84. The van der Waals surface area contributed by atoms with Crippen molar-refractivity contribution in [1.82, 2.24) is 15.1 Å². The van der Waals surface area contributed by atoms with Crippen LogP contribution in [-0.4, -0.2) is 52.4 Å². The number of benzene rings is 2. The quantitative estimate of drug-likeness (QED) is 0.439. The topological polar surface area (TPSA) is 122 Å². The highest BCUT2D eigenvalue weighted by Gasteiger charge is 2.43. The van der Waals surface area contributed by atoms with E-state index in [1.54, 1.807) is 32.9 Å². The second kappa shape index (κ2) is 11.0. The minimum absolute atomic E-state index is 0.0594. The van der Waals surface area contributed by atoms with Crippen molar-refractivity contribution < 1.29 is 33.4 Å². The molecule has 38 heavy (non-hydrogen) atoms. The van der Waals surface area contributed by atoms with E-state index < -0.39 is 42.1 Å². The van der Waals surface area contributed by atoms with Gasteiger partial charge >= 0.3 is 12.1 Å². The highest BCUT2D eigenvalue weighted by atomic mass is 16.6. The number of alkyl carbamates (subject to hydrolysis) is 1. The molecule has 2 aromatic rings. The molecule has 4 rings (SSSR count). The number of rotatable bonds is 7. The van der Waals surface area contributed by atoms with Crippen molar-refractivity contribution in [2.24, 2.45) is 5.41 Å². The molecule has 1 unspecified atom stereocenters. The van der Waals surface area contributed by atoms with Gasteiger partial charge in [0, 0.05) is 25.1 Å². The number of hydrogen-bond acceptors (Lipinski definition) is 7. The van der Waals surface area contributed by atoms with E-state index in [0.717, 1.165) is 21.6 Å². The number of ether oxygens (including phenoxy) is 2. The molecule has 4 amide bonds. The first-order valence-corrected chi connectivity index (χ1v) is 12.4. The van der Waals surface area contributed by atoms with Crippen LogP contribution in [0.2, 0.25) is 0 Å². The molecule has 1 N–H and O–H groups in total. The van der Waals surface area contributed by atoms with E-state index in [2.05, 4.69) is 5.32 Å². The minimum Gasteiger partial charge on any atom is -0.445 e. The third kappa shape index (κ3) is 6.01. The molecule has 0 radical (unpaired) electrons. The summed E-state index contributed by atoms with van der Waals surface area (Å²) in [5, 5.41) is 2.70. The number of hydrogen-bond donors (Lipinski definition) is 1. The Kier molecular flexibility index (Phi) is 7.80. The second-order valence-electron chi connectivity index (χ2n) is 10.4. The maximum atomic E-state index is 13.1. The van der Waals surface area contributed by atoms with E-state index in [1.165, 1.54) is 4.90 Å². The van der Waals surface area contributed by atoms with Crippen LogP contribution in [0.15, 0.2) is 48.5 Å².